The molecule has 0 saturated carbocycles. The molecule has 0 radical (unpaired) electrons. The molecule has 0 bridgehead atoms. The zero-order valence-electron chi connectivity index (χ0n) is 17.4. The summed E-state index contributed by atoms with van der Waals surface area (Å²) in [5.41, 5.74) is 3.76. The van der Waals surface area contributed by atoms with Crippen LogP contribution in [0.5, 0.6) is 5.75 Å². The van der Waals surface area contributed by atoms with Crippen LogP contribution in [-0.2, 0) is 11.8 Å². The van der Waals surface area contributed by atoms with Gasteiger partial charge in [-0.05, 0) is 24.3 Å². The summed E-state index contributed by atoms with van der Waals surface area (Å²) in [7, 11) is 1.90. The third-order valence-corrected chi connectivity index (χ3v) is 5.27. The highest BCUT2D eigenvalue weighted by Crippen LogP contribution is 2.23. The predicted molar refractivity (Wildman–Crippen MR) is 118 cm³/mol. The molecule has 1 aliphatic rings. The Bertz CT molecular complexity index is 1160. The molecule has 1 fully saturated rings. The van der Waals surface area contributed by atoms with Crippen molar-refractivity contribution in [3.63, 3.8) is 0 Å². The van der Waals surface area contributed by atoms with E-state index in [2.05, 4.69) is 25.4 Å². The van der Waals surface area contributed by atoms with Crippen molar-refractivity contribution in [1.82, 2.24) is 29.3 Å². The van der Waals surface area contributed by atoms with Crippen LogP contribution in [0.25, 0.3) is 16.8 Å². The quantitative estimate of drug-likeness (QED) is 0.493. The molecule has 1 aliphatic heterocycles. The summed E-state index contributed by atoms with van der Waals surface area (Å²) in [5.74, 6) is 1.33. The number of rotatable bonds is 7. The number of nitrogens with one attached hydrogen (secondary N) is 1. The summed E-state index contributed by atoms with van der Waals surface area (Å²) < 4.78 is 15.0. The summed E-state index contributed by atoms with van der Waals surface area (Å²) in [4.78, 5) is 6.80. The maximum Gasteiger partial charge on any atom is 0.245 e. The fourth-order valence-electron chi connectivity index (χ4n) is 3.64. The van der Waals surface area contributed by atoms with Crippen LogP contribution in [0.4, 0.5) is 11.6 Å². The molecule has 9 nitrogen and oxygen atoms in total. The van der Waals surface area contributed by atoms with Crippen molar-refractivity contribution in [3.8, 4) is 17.0 Å². The largest absolute Gasteiger partial charge is 0.492 e. The lowest BCUT2D eigenvalue weighted by Crippen LogP contribution is -2.38. The number of morpholine rings is 1. The van der Waals surface area contributed by atoms with Gasteiger partial charge in [0.2, 0.25) is 5.95 Å². The number of fused-ring (bicyclic) bond motifs is 1. The minimum absolute atomic E-state index is 0.513. The average Bonchev–Trinajstić information content (AvgIpc) is 3.40. The van der Waals surface area contributed by atoms with E-state index in [-0.39, 0.29) is 0 Å². The predicted octanol–water partition coefficient (Wildman–Crippen LogP) is 2.58. The van der Waals surface area contributed by atoms with Crippen molar-refractivity contribution in [2.45, 2.75) is 0 Å². The standard InChI is InChI=1S/C22H25N7O2/c1-27-16-17(14-24-27)21-6-5-19-15-23-22(26-29(19)21)25-18-3-2-4-20(13-18)31-12-9-28-7-10-30-11-8-28/h2-6,13-16H,7-12H2,1H3,(H,25,26). The molecule has 0 spiro atoms. The van der Waals surface area contributed by atoms with Gasteiger partial charge >= 0.3 is 0 Å². The highest BCUT2D eigenvalue weighted by Gasteiger charge is 2.11. The molecule has 31 heavy (non-hydrogen) atoms. The number of nitrogens with zero attached hydrogens (tertiary/aromatic N) is 6. The SMILES string of the molecule is Cn1cc(-c2ccc3cnc(Nc4cccc(OCCN5CCOCC5)c4)nn23)cn1. The number of aryl methyl sites for hydroxylation is 1. The first kappa shape index (κ1) is 19.5. The van der Waals surface area contributed by atoms with Crippen LogP contribution < -0.4 is 10.1 Å². The van der Waals surface area contributed by atoms with Crippen molar-refractivity contribution in [3.05, 3.63) is 55.0 Å². The van der Waals surface area contributed by atoms with Gasteiger partial charge in [-0.1, -0.05) is 6.07 Å². The first-order chi connectivity index (χ1) is 15.2. The lowest BCUT2D eigenvalue weighted by molar-refractivity contribution is 0.0322. The van der Waals surface area contributed by atoms with Gasteiger partial charge < -0.3 is 14.8 Å². The second-order valence-corrected chi connectivity index (χ2v) is 7.50. The first-order valence-corrected chi connectivity index (χ1v) is 10.4. The minimum atomic E-state index is 0.513. The molecule has 1 aromatic carbocycles. The number of ether oxygens (including phenoxy) is 2. The molecular formula is C22H25N7O2. The lowest BCUT2D eigenvalue weighted by atomic mass is 10.3. The molecule has 5 rings (SSSR count). The molecule has 3 aromatic heterocycles. The molecule has 0 amide bonds. The van der Waals surface area contributed by atoms with E-state index in [4.69, 9.17) is 9.47 Å². The fraction of sp³-hybridized carbons (Fsp3) is 0.318. The van der Waals surface area contributed by atoms with Crippen LogP contribution in [-0.4, -0.2) is 68.7 Å². The van der Waals surface area contributed by atoms with Crippen molar-refractivity contribution < 1.29 is 9.47 Å². The summed E-state index contributed by atoms with van der Waals surface area (Å²) in [6.07, 6.45) is 5.60. The maximum absolute atomic E-state index is 5.95. The van der Waals surface area contributed by atoms with Gasteiger partial charge in [0.05, 0.1) is 36.8 Å². The van der Waals surface area contributed by atoms with Gasteiger partial charge in [-0.2, -0.15) is 5.10 Å². The third-order valence-electron chi connectivity index (χ3n) is 5.27. The molecule has 0 atom stereocenters. The van der Waals surface area contributed by atoms with E-state index in [0.29, 0.717) is 12.6 Å². The number of anilines is 2. The Hall–Kier alpha value is -3.43. The molecule has 0 unspecified atom stereocenters. The van der Waals surface area contributed by atoms with Gasteiger partial charge in [0, 0.05) is 50.2 Å². The summed E-state index contributed by atoms with van der Waals surface area (Å²) >= 11 is 0. The van der Waals surface area contributed by atoms with Crippen LogP contribution in [0, 0.1) is 0 Å². The van der Waals surface area contributed by atoms with E-state index in [1.54, 1.807) is 10.9 Å². The Kier molecular flexibility index (Phi) is 5.51. The summed E-state index contributed by atoms with van der Waals surface area (Å²) in [5, 5.41) is 12.2. The van der Waals surface area contributed by atoms with Crippen molar-refractivity contribution in [1.29, 1.82) is 0 Å². The molecule has 1 saturated heterocycles. The molecule has 4 aromatic rings. The van der Waals surface area contributed by atoms with Crippen molar-refractivity contribution >= 4 is 17.2 Å². The van der Waals surface area contributed by atoms with Crippen LogP contribution in [0.3, 0.4) is 0 Å². The van der Waals surface area contributed by atoms with Gasteiger partial charge in [0.15, 0.2) is 0 Å². The second-order valence-electron chi connectivity index (χ2n) is 7.50. The maximum atomic E-state index is 5.95. The molecule has 0 aliphatic carbocycles. The van der Waals surface area contributed by atoms with Gasteiger partial charge in [-0.25, -0.2) is 9.50 Å². The number of aromatic nitrogens is 5. The minimum Gasteiger partial charge on any atom is -0.492 e. The normalized spacial score (nSPS) is 14.7. The zero-order chi connectivity index (χ0) is 21.0. The number of hydrogen-bond donors (Lipinski definition) is 1. The number of benzene rings is 1. The van der Waals surface area contributed by atoms with Crippen molar-refractivity contribution in [2.24, 2.45) is 7.05 Å². The average molecular weight is 419 g/mol. The smallest absolute Gasteiger partial charge is 0.245 e. The number of hydrogen-bond acceptors (Lipinski definition) is 7. The van der Waals surface area contributed by atoms with Gasteiger partial charge in [0.25, 0.3) is 0 Å². The van der Waals surface area contributed by atoms with Gasteiger partial charge in [-0.15, -0.1) is 5.10 Å². The molecule has 160 valence electrons. The molecular weight excluding hydrogens is 394 g/mol. The van der Waals surface area contributed by atoms with Gasteiger partial charge in [-0.3, -0.25) is 9.58 Å². The van der Waals surface area contributed by atoms with E-state index in [9.17, 15) is 0 Å². The summed E-state index contributed by atoms with van der Waals surface area (Å²) in [6, 6.07) is 11.9. The van der Waals surface area contributed by atoms with Gasteiger partial charge in [0.1, 0.15) is 12.4 Å². The monoisotopic (exact) mass is 419 g/mol. The Labute approximate surface area is 180 Å². The molecule has 9 heteroatoms. The first-order valence-electron chi connectivity index (χ1n) is 10.4. The summed E-state index contributed by atoms with van der Waals surface area (Å²) in [6.45, 7) is 5.06. The highest BCUT2D eigenvalue weighted by molar-refractivity contribution is 5.66. The Morgan fingerprint density at radius 2 is 2.03 bits per heavy atom. The third kappa shape index (κ3) is 4.52. The second kappa shape index (κ2) is 8.75. The van der Waals surface area contributed by atoms with Crippen LogP contribution >= 0.6 is 0 Å². The van der Waals surface area contributed by atoms with Crippen LogP contribution in [0.1, 0.15) is 0 Å². The fourth-order valence-corrected chi connectivity index (χ4v) is 3.64. The molecule has 1 N–H and O–H groups in total. The Morgan fingerprint density at radius 1 is 1.13 bits per heavy atom. The lowest BCUT2D eigenvalue weighted by Gasteiger charge is -2.26. The van der Waals surface area contributed by atoms with E-state index in [0.717, 1.165) is 61.1 Å². The topological polar surface area (TPSA) is 81.7 Å². The Balaban J connectivity index is 1.27. The zero-order valence-corrected chi connectivity index (χ0v) is 17.4. The highest BCUT2D eigenvalue weighted by atomic mass is 16.5. The van der Waals surface area contributed by atoms with E-state index in [1.165, 1.54) is 0 Å². The Morgan fingerprint density at radius 3 is 2.87 bits per heavy atom. The van der Waals surface area contributed by atoms with E-state index < -0.39 is 0 Å². The van der Waals surface area contributed by atoms with Crippen LogP contribution in [0.15, 0.2) is 55.0 Å². The van der Waals surface area contributed by atoms with E-state index in [1.807, 2.05) is 60.4 Å². The van der Waals surface area contributed by atoms with Crippen molar-refractivity contribution in [2.75, 3.05) is 44.8 Å². The van der Waals surface area contributed by atoms with E-state index >= 15 is 0 Å². The molecule has 4 heterocycles. The van der Waals surface area contributed by atoms with Crippen LogP contribution in [0.2, 0.25) is 0 Å².